The van der Waals surface area contributed by atoms with Crippen LogP contribution in [0, 0.1) is 0 Å². The molecule has 110 valence electrons. The number of ether oxygens (including phenoxy) is 1. The molecular formula is C17H14N2O3. The summed E-state index contributed by atoms with van der Waals surface area (Å²) in [7, 11) is 1.32. The Morgan fingerprint density at radius 2 is 1.77 bits per heavy atom. The largest absolute Gasteiger partial charge is 0.507 e. The Morgan fingerprint density at radius 3 is 2.45 bits per heavy atom. The fourth-order valence-corrected chi connectivity index (χ4v) is 2.35. The van der Waals surface area contributed by atoms with Gasteiger partial charge in [0, 0.05) is 11.1 Å². The van der Waals surface area contributed by atoms with Crippen molar-refractivity contribution in [1.29, 1.82) is 0 Å². The molecule has 0 amide bonds. The molecule has 0 aliphatic heterocycles. The van der Waals surface area contributed by atoms with E-state index >= 15 is 0 Å². The number of aromatic nitrogens is 2. The molecule has 0 saturated carbocycles. The number of esters is 1. The number of para-hydroxylation sites is 1. The minimum atomic E-state index is -0.506. The highest BCUT2D eigenvalue weighted by atomic mass is 16.5. The van der Waals surface area contributed by atoms with Gasteiger partial charge in [0.1, 0.15) is 11.4 Å². The van der Waals surface area contributed by atoms with Gasteiger partial charge in [-0.2, -0.15) is 5.10 Å². The van der Waals surface area contributed by atoms with Crippen molar-refractivity contribution in [2.45, 2.75) is 0 Å². The van der Waals surface area contributed by atoms with Crippen LogP contribution in [0.2, 0.25) is 0 Å². The van der Waals surface area contributed by atoms with E-state index in [0.717, 1.165) is 5.56 Å². The molecule has 5 heteroatoms. The zero-order valence-electron chi connectivity index (χ0n) is 11.9. The predicted molar refractivity (Wildman–Crippen MR) is 82.5 cm³/mol. The van der Waals surface area contributed by atoms with Gasteiger partial charge in [0.2, 0.25) is 0 Å². The predicted octanol–water partition coefficient (Wildman–Crippen LogP) is 3.24. The third-order valence-corrected chi connectivity index (χ3v) is 3.38. The lowest BCUT2D eigenvalue weighted by Gasteiger charge is -2.07. The highest BCUT2D eigenvalue weighted by Gasteiger charge is 2.23. The van der Waals surface area contributed by atoms with E-state index in [-0.39, 0.29) is 11.4 Å². The van der Waals surface area contributed by atoms with Gasteiger partial charge in [0.25, 0.3) is 0 Å². The summed E-state index contributed by atoms with van der Waals surface area (Å²) in [6.07, 6.45) is 0. The van der Waals surface area contributed by atoms with Crippen LogP contribution >= 0.6 is 0 Å². The molecule has 0 bridgehead atoms. The SMILES string of the molecule is COC(=O)c1[nH]nc(-c2ccccc2O)c1-c1ccccc1. The zero-order valence-corrected chi connectivity index (χ0v) is 11.9. The first kappa shape index (κ1) is 13.9. The van der Waals surface area contributed by atoms with Gasteiger partial charge in [-0.05, 0) is 17.7 Å². The first-order chi connectivity index (χ1) is 10.7. The number of rotatable bonds is 3. The van der Waals surface area contributed by atoms with E-state index in [9.17, 15) is 9.90 Å². The number of phenolic OH excluding ortho intramolecular Hbond substituents is 1. The monoisotopic (exact) mass is 294 g/mol. The molecule has 0 saturated heterocycles. The number of methoxy groups -OCH3 is 1. The normalized spacial score (nSPS) is 10.4. The van der Waals surface area contributed by atoms with Gasteiger partial charge in [-0.25, -0.2) is 4.79 Å². The van der Waals surface area contributed by atoms with Crippen molar-refractivity contribution in [3.8, 4) is 28.1 Å². The van der Waals surface area contributed by atoms with Crippen LogP contribution in [0.25, 0.3) is 22.4 Å². The lowest BCUT2D eigenvalue weighted by Crippen LogP contribution is -2.03. The van der Waals surface area contributed by atoms with Gasteiger partial charge in [0.05, 0.1) is 7.11 Å². The highest BCUT2D eigenvalue weighted by Crippen LogP contribution is 2.37. The van der Waals surface area contributed by atoms with Crippen LogP contribution in [0.15, 0.2) is 54.6 Å². The van der Waals surface area contributed by atoms with E-state index < -0.39 is 5.97 Å². The van der Waals surface area contributed by atoms with Gasteiger partial charge < -0.3 is 9.84 Å². The minimum Gasteiger partial charge on any atom is -0.507 e. The van der Waals surface area contributed by atoms with E-state index in [0.29, 0.717) is 16.8 Å². The van der Waals surface area contributed by atoms with Crippen molar-refractivity contribution in [3.63, 3.8) is 0 Å². The molecule has 2 N–H and O–H groups in total. The minimum absolute atomic E-state index is 0.0996. The molecule has 22 heavy (non-hydrogen) atoms. The van der Waals surface area contributed by atoms with Crippen molar-refractivity contribution < 1.29 is 14.6 Å². The molecule has 1 aromatic heterocycles. The Kier molecular flexibility index (Phi) is 3.62. The Labute approximate surface area is 127 Å². The summed E-state index contributed by atoms with van der Waals surface area (Å²) in [4.78, 5) is 12.0. The third kappa shape index (κ3) is 2.33. The van der Waals surface area contributed by atoms with Crippen LogP contribution < -0.4 is 0 Å². The van der Waals surface area contributed by atoms with Crippen molar-refractivity contribution in [2.24, 2.45) is 0 Å². The smallest absolute Gasteiger partial charge is 0.356 e. The molecule has 0 fully saturated rings. The second-order valence-corrected chi connectivity index (χ2v) is 4.70. The number of carbonyl (C=O) groups is 1. The van der Waals surface area contributed by atoms with Crippen LogP contribution in [-0.2, 0) is 4.74 Å². The number of hydrogen-bond donors (Lipinski definition) is 2. The van der Waals surface area contributed by atoms with Crippen LogP contribution in [0.4, 0.5) is 0 Å². The van der Waals surface area contributed by atoms with E-state index in [4.69, 9.17) is 4.74 Å². The van der Waals surface area contributed by atoms with Crippen molar-refractivity contribution in [1.82, 2.24) is 10.2 Å². The fraction of sp³-hybridized carbons (Fsp3) is 0.0588. The topological polar surface area (TPSA) is 75.2 Å². The lowest BCUT2D eigenvalue weighted by atomic mass is 9.98. The summed E-state index contributed by atoms with van der Waals surface area (Å²) in [5.41, 5.74) is 2.73. The quantitative estimate of drug-likeness (QED) is 0.727. The number of nitrogens with zero attached hydrogens (tertiary/aromatic N) is 1. The molecule has 0 aliphatic rings. The Hall–Kier alpha value is -3.08. The Bertz CT molecular complexity index is 810. The maximum absolute atomic E-state index is 12.0. The number of phenols is 1. The molecule has 0 radical (unpaired) electrons. The van der Waals surface area contributed by atoms with Gasteiger partial charge >= 0.3 is 5.97 Å². The number of aromatic amines is 1. The van der Waals surface area contributed by atoms with E-state index in [1.54, 1.807) is 24.3 Å². The van der Waals surface area contributed by atoms with Crippen LogP contribution in [-0.4, -0.2) is 28.4 Å². The molecule has 3 rings (SSSR count). The first-order valence-electron chi connectivity index (χ1n) is 6.73. The molecule has 0 atom stereocenters. The number of H-pyrrole nitrogens is 1. The number of benzene rings is 2. The zero-order chi connectivity index (χ0) is 15.5. The van der Waals surface area contributed by atoms with Gasteiger partial charge in [-0.1, -0.05) is 42.5 Å². The second-order valence-electron chi connectivity index (χ2n) is 4.70. The average Bonchev–Trinajstić information content (AvgIpc) is 3.00. The van der Waals surface area contributed by atoms with E-state index in [1.165, 1.54) is 7.11 Å². The number of aromatic hydroxyl groups is 1. The second kappa shape index (κ2) is 5.73. The Morgan fingerprint density at radius 1 is 1.09 bits per heavy atom. The molecule has 0 aliphatic carbocycles. The first-order valence-corrected chi connectivity index (χ1v) is 6.73. The summed E-state index contributed by atoms with van der Waals surface area (Å²) < 4.78 is 4.81. The van der Waals surface area contributed by atoms with E-state index in [1.807, 2.05) is 30.3 Å². The summed E-state index contributed by atoms with van der Waals surface area (Å²) >= 11 is 0. The summed E-state index contributed by atoms with van der Waals surface area (Å²) in [6.45, 7) is 0. The van der Waals surface area contributed by atoms with Gasteiger partial charge in [-0.15, -0.1) is 0 Å². The molecular weight excluding hydrogens is 280 g/mol. The molecule has 5 nitrogen and oxygen atoms in total. The van der Waals surface area contributed by atoms with Gasteiger partial charge in [-0.3, -0.25) is 5.10 Å². The standard InChI is InChI=1S/C17H14N2O3/c1-22-17(21)16-14(11-7-3-2-4-8-11)15(18-19-16)12-9-5-6-10-13(12)20/h2-10,20H,1H3,(H,18,19). The average molecular weight is 294 g/mol. The van der Waals surface area contributed by atoms with Crippen molar-refractivity contribution in [2.75, 3.05) is 7.11 Å². The van der Waals surface area contributed by atoms with Gasteiger partial charge in [0.15, 0.2) is 5.69 Å². The van der Waals surface area contributed by atoms with E-state index in [2.05, 4.69) is 10.2 Å². The number of hydrogen-bond acceptors (Lipinski definition) is 4. The van der Waals surface area contributed by atoms with Crippen molar-refractivity contribution in [3.05, 3.63) is 60.3 Å². The van der Waals surface area contributed by atoms with Crippen molar-refractivity contribution >= 4 is 5.97 Å². The maximum atomic E-state index is 12.0. The van der Waals surface area contributed by atoms with Crippen LogP contribution in [0.5, 0.6) is 5.75 Å². The summed E-state index contributed by atoms with van der Waals surface area (Å²) in [5, 5.41) is 17.0. The lowest BCUT2D eigenvalue weighted by molar-refractivity contribution is 0.0595. The molecule has 0 unspecified atom stereocenters. The Balaban J connectivity index is 2.26. The fourth-order valence-electron chi connectivity index (χ4n) is 2.35. The number of carbonyl (C=O) groups excluding carboxylic acids is 1. The molecule has 1 heterocycles. The molecule has 2 aromatic carbocycles. The summed E-state index contributed by atoms with van der Waals surface area (Å²) in [5.74, 6) is -0.407. The molecule has 3 aromatic rings. The maximum Gasteiger partial charge on any atom is 0.356 e. The highest BCUT2D eigenvalue weighted by molar-refractivity contribution is 6.00. The summed E-state index contributed by atoms with van der Waals surface area (Å²) in [6, 6.07) is 16.2. The third-order valence-electron chi connectivity index (χ3n) is 3.38. The van der Waals surface area contributed by atoms with Crippen LogP contribution in [0.3, 0.4) is 0 Å². The number of nitrogens with one attached hydrogen (secondary N) is 1. The molecule has 0 spiro atoms. The van der Waals surface area contributed by atoms with Crippen LogP contribution in [0.1, 0.15) is 10.5 Å².